The third kappa shape index (κ3) is 2.29. The van der Waals surface area contributed by atoms with E-state index in [4.69, 9.17) is 10.7 Å². The summed E-state index contributed by atoms with van der Waals surface area (Å²) in [7, 11) is 2.03. The van der Waals surface area contributed by atoms with Gasteiger partial charge >= 0.3 is 0 Å². The number of nitrogens with two attached hydrogens (primary N) is 1. The number of rotatable bonds is 2. The fraction of sp³-hybridized carbons (Fsp3) is 0.400. The van der Waals surface area contributed by atoms with Gasteiger partial charge in [-0.2, -0.15) is 0 Å². The van der Waals surface area contributed by atoms with Crippen molar-refractivity contribution in [3.63, 3.8) is 0 Å². The van der Waals surface area contributed by atoms with Crippen LogP contribution in [-0.2, 0) is 7.05 Å². The van der Waals surface area contributed by atoms with E-state index in [0.717, 1.165) is 27.4 Å². The largest absolute Gasteiger partial charge is 0.383 e. The molecule has 2 aromatic rings. The van der Waals surface area contributed by atoms with Gasteiger partial charge in [-0.15, -0.1) is 0 Å². The van der Waals surface area contributed by atoms with Crippen molar-refractivity contribution in [3.05, 3.63) is 34.6 Å². The van der Waals surface area contributed by atoms with E-state index in [2.05, 4.69) is 32.6 Å². The first kappa shape index (κ1) is 12.7. The molecule has 1 aromatic heterocycles. The number of nitrogen functional groups attached to an aromatic ring is 1. The van der Waals surface area contributed by atoms with Crippen LogP contribution in [0.2, 0.25) is 0 Å². The monoisotopic (exact) mass is 319 g/mol. The quantitative estimate of drug-likeness (QED) is 0.906. The van der Waals surface area contributed by atoms with E-state index in [9.17, 15) is 0 Å². The van der Waals surface area contributed by atoms with Gasteiger partial charge in [-0.1, -0.05) is 40.9 Å². The summed E-state index contributed by atoms with van der Waals surface area (Å²) in [5, 5.41) is 0. The Balaban J connectivity index is 2.02. The standard InChI is InChI=1S/C15H18BrN3/c1-19-14(17)13(10-6-8-12(16)9-7-10)18-15(19)11-4-2-3-5-11/h6-9,11H,2-5,17H2,1H3. The Morgan fingerprint density at radius 1 is 1.21 bits per heavy atom. The molecule has 1 aromatic carbocycles. The molecule has 0 saturated heterocycles. The van der Waals surface area contributed by atoms with E-state index in [1.165, 1.54) is 25.7 Å². The Hall–Kier alpha value is -1.29. The average molecular weight is 320 g/mol. The van der Waals surface area contributed by atoms with Crippen molar-refractivity contribution < 1.29 is 0 Å². The molecule has 0 atom stereocenters. The molecular weight excluding hydrogens is 302 g/mol. The molecule has 2 N–H and O–H groups in total. The number of hydrogen-bond donors (Lipinski definition) is 1. The van der Waals surface area contributed by atoms with Crippen molar-refractivity contribution in [3.8, 4) is 11.3 Å². The molecule has 100 valence electrons. The zero-order valence-electron chi connectivity index (χ0n) is 11.1. The molecule has 1 saturated carbocycles. The maximum absolute atomic E-state index is 6.23. The van der Waals surface area contributed by atoms with Crippen LogP contribution < -0.4 is 5.73 Å². The summed E-state index contributed by atoms with van der Waals surface area (Å²) in [5.41, 5.74) is 8.23. The summed E-state index contributed by atoms with van der Waals surface area (Å²) in [6, 6.07) is 8.17. The van der Waals surface area contributed by atoms with E-state index in [-0.39, 0.29) is 0 Å². The van der Waals surface area contributed by atoms with Crippen molar-refractivity contribution in [1.82, 2.24) is 9.55 Å². The van der Waals surface area contributed by atoms with E-state index >= 15 is 0 Å². The Labute approximate surface area is 122 Å². The molecule has 3 rings (SSSR count). The molecule has 0 aliphatic heterocycles. The first-order valence-electron chi connectivity index (χ1n) is 6.75. The maximum Gasteiger partial charge on any atom is 0.131 e. The number of halogens is 1. The van der Waals surface area contributed by atoms with E-state index < -0.39 is 0 Å². The van der Waals surface area contributed by atoms with Crippen LogP contribution in [0.15, 0.2) is 28.7 Å². The lowest BCUT2D eigenvalue weighted by molar-refractivity contribution is 0.635. The van der Waals surface area contributed by atoms with Crippen LogP contribution in [-0.4, -0.2) is 9.55 Å². The van der Waals surface area contributed by atoms with E-state index in [0.29, 0.717) is 5.92 Å². The van der Waals surface area contributed by atoms with Crippen LogP contribution in [0.4, 0.5) is 5.82 Å². The molecular formula is C15H18BrN3. The molecule has 3 nitrogen and oxygen atoms in total. The summed E-state index contributed by atoms with van der Waals surface area (Å²) in [5.74, 6) is 2.49. The van der Waals surface area contributed by atoms with Gasteiger partial charge in [-0.25, -0.2) is 4.98 Å². The molecule has 0 amide bonds. The second kappa shape index (κ2) is 5.00. The predicted molar refractivity (Wildman–Crippen MR) is 82.0 cm³/mol. The summed E-state index contributed by atoms with van der Waals surface area (Å²) < 4.78 is 3.13. The highest BCUT2D eigenvalue weighted by atomic mass is 79.9. The number of hydrogen-bond acceptors (Lipinski definition) is 2. The SMILES string of the molecule is Cn1c(C2CCCC2)nc(-c2ccc(Br)cc2)c1N. The maximum atomic E-state index is 6.23. The fourth-order valence-corrected chi connectivity index (χ4v) is 3.16. The minimum atomic E-state index is 0.580. The predicted octanol–water partition coefficient (Wildman–Crippen LogP) is 4.09. The highest BCUT2D eigenvalue weighted by Crippen LogP contribution is 2.36. The summed E-state index contributed by atoms with van der Waals surface area (Å²) in [4.78, 5) is 4.81. The van der Waals surface area contributed by atoms with Crippen molar-refractivity contribution in [2.24, 2.45) is 7.05 Å². The van der Waals surface area contributed by atoms with Gasteiger partial charge in [0.2, 0.25) is 0 Å². The van der Waals surface area contributed by atoms with Gasteiger partial charge in [-0.05, 0) is 25.0 Å². The van der Waals surface area contributed by atoms with Gasteiger partial charge in [0.15, 0.2) is 0 Å². The van der Waals surface area contributed by atoms with Crippen LogP contribution in [0, 0.1) is 0 Å². The Bertz CT molecular complexity index is 580. The molecule has 4 heteroatoms. The Morgan fingerprint density at radius 2 is 1.84 bits per heavy atom. The lowest BCUT2D eigenvalue weighted by atomic mass is 10.1. The zero-order chi connectivity index (χ0) is 13.4. The second-order valence-corrected chi connectivity index (χ2v) is 6.17. The third-order valence-electron chi connectivity index (χ3n) is 4.01. The van der Waals surface area contributed by atoms with Crippen molar-refractivity contribution in [1.29, 1.82) is 0 Å². The second-order valence-electron chi connectivity index (χ2n) is 5.25. The molecule has 0 unspecified atom stereocenters. The normalized spacial score (nSPS) is 16.1. The molecule has 19 heavy (non-hydrogen) atoms. The van der Waals surface area contributed by atoms with Crippen molar-refractivity contribution in [2.45, 2.75) is 31.6 Å². The van der Waals surface area contributed by atoms with Crippen LogP contribution in [0.5, 0.6) is 0 Å². The van der Waals surface area contributed by atoms with Gasteiger partial charge in [-0.3, -0.25) is 0 Å². The number of nitrogens with zero attached hydrogens (tertiary/aromatic N) is 2. The Kier molecular flexibility index (Phi) is 3.35. The smallest absolute Gasteiger partial charge is 0.131 e. The van der Waals surface area contributed by atoms with Gasteiger partial charge < -0.3 is 10.3 Å². The number of imidazole rings is 1. The molecule has 0 bridgehead atoms. The van der Waals surface area contributed by atoms with Crippen LogP contribution >= 0.6 is 15.9 Å². The Morgan fingerprint density at radius 3 is 2.47 bits per heavy atom. The van der Waals surface area contributed by atoms with E-state index in [1.54, 1.807) is 0 Å². The first-order chi connectivity index (χ1) is 9.16. The summed E-state index contributed by atoms with van der Waals surface area (Å²) >= 11 is 3.45. The number of anilines is 1. The van der Waals surface area contributed by atoms with Crippen LogP contribution in [0.3, 0.4) is 0 Å². The van der Waals surface area contributed by atoms with Crippen LogP contribution in [0.25, 0.3) is 11.3 Å². The van der Waals surface area contributed by atoms with Gasteiger partial charge in [0.1, 0.15) is 17.3 Å². The minimum Gasteiger partial charge on any atom is -0.383 e. The zero-order valence-corrected chi connectivity index (χ0v) is 12.7. The number of aromatic nitrogens is 2. The average Bonchev–Trinajstić information content (AvgIpc) is 3.02. The van der Waals surface area contributed by atoms with Crippen molar-refractivity contribution >= 4 is 21.7 Å². The highest BCUT2D eigenvalue weighted by Gasteiger charge is 2.24. The lowest BCUT2D eigenvalue weighted by Gasteiger charge is -2.08. The summed E-state index contributed by atoms with van der Waals surface area (Å²) in [6.45, 7) is 0. The lowest BCUT2D eigenvalue weighted by Crippen LogP contribution is -2.05. The van der Waals surface area contributed by atoms with Crippen molar-refractivity contribution in [2.75, 3.05) is 5.73 Å². The topological polar surface area (TPSA) is 43.8 Å². The first-order valence-corrected chi connectivity index (χ1v) is 7.54. The van der Waals surface area contributed by atoms with Crippen LogP contribution in [0.1, 0.15) is 37.4 Å². The molecule has 1 fully saturated rings. The molecule has 0 spiro atoms. The van der Waals surface area contributed by atoms with E-state index in [1.807, 2.05) is 19.2 Å². The minimum absolute atomic E-state index is 0.580. The molecule has 1 heterocycles. The number of benzene rings is 1. The van der Waals surface area contributed by atoms with Gasteiger partial charge in [0.25, 0.3) is 0 Å². The highest BCUT2D eigenvalue weighted by molar-refractivity contribution is 9.10. The van der Waals surface area contributed by atoms with Gasteiger partial charge in [0.05, 0.1) is 0 Å². The van der Waals surface area contributed by atoms with Gasteiger partial charge in [0, 0.05) is 23.0 Å². The third-order valence-corrected chi connectivity index (χ3v) is 4.54. The fourth-order valence-electron chi connectivity index (χ4n) is 2.90. The summed E-state index contributed by atoms with van der Waals surface area (Å²) in [6.07, 6.45) is 5.10. The molecule has 0 radical (unpaired) electrons. The molecule has 1 aliphatic rings. The molecule has 1 aliphatic carbocycles.